The number of carbonyl (C=O) groups excluding carboxylic acids is 1. The van der Waals surface area contributed by atoms with Gasteiger partial charge in [-0.05, 0) is 13.8 Å². The Labute approximate surface area is 144 Å². The van der Waals surface area contributed by atoms with E-state index >= 15 is 0 Å². The zero-order valence-corrected chi connectivity index (χ0v) is 15.7. The molecule has 136 valence electrons. The Morgan fingerprint density at radius 1 is 1.21 bits per heavy atom. The highest BCUT2D eigenvalue weighted by Crippen LogP contribution is 2.22. The monoisotopic (exact) mass is 379 g/mol. The van der Waals surface area contributed by atoms with E-state index in [9.17, 15) is 13.2 Å². The van der Waals surface area contributed by atoms with Crippen LogP contribution < -0.4 is 5.32 Å². The second-order valence-electron chi connectivity index (χ2n) is 5.58. The molecule has 0 radical (unpaired) electrons. The minimum absolute atomic E-state index is 0.0339. The molecular formula is C12H21N5O5S2. The number of aromatic nitrogens is 2. The highest BCUT2D eigenvalue weighted by atomic mass is 32.2. The number of nitrogens with zero attached hydrogens (tertiary/aromatic N) is 4. The summed E-state index contributed by atoms with van der Waals surface area (Å²) in [5.41, 5.74) is 0. The van der Waals surface area contributed by atoms with Crippen molar-refractivity contribution in [2.45, 2.75) is 36.7 Å². The van der Waals surface area contributed by atoms with Crippen LogP contribution in [0.3, 0.4) is 0 Å². The van der Waals surface area contributed by atoms with Crippen LogP contribution in [0.4, 0.5) is 9.93 Å². The fraction of sp³-hybridized carbons (Fsp3) is 0.750. The number of anilines is 1. The summed E-state index contributed by atoms with van der Waals surface area (Å²) in [7, 11) is 0.698. The fourth-order valence-electron chi connectivity index (χ4n) is 1.83. The van der Waals surface area contributed by atoms with Crippen molar-refractivity contribution in [1.82, 2.24) is 19.4 Å². The van der Waals surface area contributed by atoms with Crippen LogP contribution in [0.25, 0.3) is 0 Å². The summed E-state index contributed by atoms with van der Waals surface area (Å²) in [5.74, 6) is 0. The van der Waals surface area contributed by atoms with Crippen molar-refractivity contribution in [2.75, 3.05) is 33.0 Å². The Morgan fingerprint density at radius 3 is 2.33 bits per heavy atom. The molecule has 1 aromatic heterocycles. The first-order valence-electron chi connectivity index (χ1n) is 7.20. The van der Waals surface area contributed by atoms with Crippen molar-refractivity contribution in [3.05, 3.63) is 0 Å². The molecule has 1 saturated heterocycles. The van der Waals surface area contributed by atoms with Gasteiger partial charge in [0, 0.05) is 21.1 Å². The third kappa shape index (κ3) is 4.19. The van der Waals surface area contributed by atoms with Crippen LogP contribution in [0, 0.1) is 0 Å². The minimum Gasteiger partial charge on any atom is -0.345 e. The SMILES string of the molecule is CC1OC(CN(C)C(=O)Nc2nnc(S(=O)(=O)N(C)C)s2)OC1C. The second-order valence-corrected chi connectivity index (χ2v) is 8.89. The van der Waals surface area contributed by atoms with Gasteiger partial charge in [0.15, 0.2) is 6.29 Å². The molecule has 2 heterocycles. The number of nitrogens with one attached hydrogen (secondary N) is 1. The van der Waals surface area contributed by atoms with Crippen molar-refractivity contribution < 1.29 is 22.7 Å². The standard InChI is InChI=1S/C12H21N5O5S2/c1-7-8(2)22-9(21-7)6-17(5)11(18)13-10-14-15-12(23-10)24(19,20)16(3)4/h7-9H,6H2,1-5H3,(H,13,14,18). The number of amides is 2. The maximum Gasteiger partial charge on any atom is 0.323 e. The Bertz CT molecular complexity index is 682. The molecular weight excluding hydrogens is 358 g/mol. The molecule has 2 rings (SSSR count). The van der Waals surface area contributed by atoms with Crippen molar-refractivity contribution in [3.8, 4) is 0 Å². The van der Waals surface area contributed by atoms with Crippen molar-refractivity contribution in [3.63, 3.8) is 0 Å². The van der Waals surface area contributed by atoms with Crippen LogP contribution in [0.2, 0.25) is 0 Å². The van der Waals surface area contributed by atoms with Crippen molar-refractivity contribution >= 4 is 32.5 Å². The molecule has 0 saturated carbocycles. The molecule has 12 heteroatoms. The molecule has 2 amide bonds. The summed E-state index contributed by atoms with van der Waals surface area (Å²) in [6.45, 7) is 4.04. The number of hydrogen-bond donors (Lipinski definition) is 1. The first-order valence-corrected chi connectivity index (χ1v) is 9.46. The maximum atomic E-state index is 12.1. The molecule has 0 spiro atoms. The van der Waals surface area contributed by atoms with Gasteiger partial charge in [-0.3, -0.25) is 5.32 Å². The molecule has 1 aliphatic heterocycles. The summed E-state index contributed by atoms with van der Waals surface area (Å²) in [6, 6.07) is -0.459. The zero-order valence-electron chi connectivity index (χ0n) is 14.1. The second kappa shape index (κ2) is 7.27. The number of hydrogen-bond acceptors (Lipinski definition) is 8. The van der Waals surface area contributed by atoms with Crippen LogP contribution in [0.5, 0.6) is 0 Å². The van der Waals surface area contributed by atoms with Crippen LogP contribution in [-0.2, 0) is 19.5 Å². The number of likely N-dealkylation sites (N-methyl/N-ethyl adjacent to an activating group) is 1. The quantitative estimate of drug-likeness (QED) is 0.737. The Kier molecular flexibility index (Phi) is 5.75. The number of carbonyl (C=O) groups is 1. The van der Waals surface area contributed by atoms with Gasteiger partial charge in [-0.1, -0.05) is 11.3 Å². The van der Waals surface area contributed by atoms with Gasteiger partial charge >= 0.3 is 6.03 Å². The van der Waals surface area contributed by atoms with E-state index in [-0.39, 0.29) is 28.2 Å². The van der Waals surface area contributed by atoms with Crippen LogP contribution in [0.1, 0.15) is 13.8 Å². The molecule has 0 bridgehead atoms. The van der Waals surface area contributed by atoms with E-state index in [1.807, 2.05) is 13.8 Å². The van der Waals surface area contributed by atoms with Gasteiger partial charge < -0.3 is 14.4 Å². The molecule has 1 N–H and O–H groups in total. The lowest BCUT2D eigenvalue weighted by molar-refractivity contribution is -0.0711. The third-order valence-corrected chi connectivity index (χ3v) is 6.48. The first kappa shape index (κ1) is 19.0. The van der Waals surface area contributed by atoms with Crippen molar-refractivity contribution in [1.29, 1.82) is 0 Å². The molecule has 24 heavy (non-hydrogen) atoms. The molecule has 1 aromatic rings. The van der Waals surface area contributed by atoms with Gasteiger partial charge in [-0.25, -0.2) is 17.5 Å². The number of sulfonamides is 1. The lowest BCUT2D eigenvalue weighted by Crippen LogP contribution is -2.37. The maximum absolute atomic E-state index is 12.1. The van der Waals surface area contributed by atoms with Crippen LogP contribution in [0.15, 0.2) is 4.34 Å². The normalized spacial score (nSPS) is 24.3. The van der Waals surface area contributed by atoms with E-state index in [1.165, 1.54) is 19.0 Å². The Hall–Kier alpha value is -1.34. The smallest absolute Gasteiger partial charge is 0.323 e. The fourth-order valence-corrected chi connectivity index (χ4v) is 3.86. The molecule has 0 aromatic carbocycles. The first-order chi connectivity index (χ1) is 11.1. The average molecular weight is 379 g/mol. The molecule has 2 unspecified atom stereocenters. The number of urea groups is 1. The van der Waals surface area contributed by atoms with E-state index in [0.29, 0.717) is 0 Å². The van der Waals surface area contributed by atoms with E-state index in [0.717, 1.165) is 15.6 Å². The highest BCUT2D eigenvalue weighted by Gasteiger charge is 2.31. The summed E-state index contributed by atoms with van der Waals surface area (Å²) >= 11 is 0.784. The Morgan fingerprint density at radius 2 is 1.79 bits per heavy atom. The van der Waals surface area contributed by atoms with E-state index < -0.39 is 22.3 Å². The van der Waals surface area contributed by atoms with E-state index in [1.54, 1.807) is 7.05 Å². The summed E-state index contributed by atoms with van der Waals surface area (Å²) in [4.78, 5) is 13.5. The minimum atomic E-state index is -3.67. The number of rotatable bonds is 5. The predicted molar refractivity (Wildman–Crippen MR) is 87.3 cm³/mol. The predicted octanol–water partition coefficient (Wildman–Crippen LogP) is 0.402. The lowest BCUT2D eigenvalue weighted by Gasteiger charge is -2.20. The largest absolute Gasteiger partial charge is 0.345 e. The summed E-state index contributed by atoms with van der Waals surface area (Å²) < 4.78 is 35.8. The highest BCUT2D eigenvalue weighted by molar-refractivity contribution is 7.91. The topological polar surface area (TPSA) is 114 Å². The van der Waals surface area contributed by atoms with Crippen LogP contribution >= 0.6 is 11.3 Å². The van der Waals surface area contributed by atoms with Gasteiger partial charge in [0.25, 0.3) is 10.0 Å². The number of ether oxygens (including phenoxy) is 2. The molecule has 10 nitrogen and oxygen atoms in total. The summed E-state index contributed by atoms with van der Waals surface area (Å²) in [5, 5.41) is 9.89. The molecule has 2 atom stereocenters. The lowest BCUT2D eigenvalue weighted by atomic mass is 10.3. The van der Waals surface area contributed by atoms with Gasteiger partial charge in [-0.2, -0.15) is 0 Å². The van der Waals surface area contributed by atoms with E-state index in [2.05, 4.69) is 15.5 Å². The molecule has 1 fully saturated rings. The van der Waals surface area contributed by atoms with Crippen LogP contribution in [-0.4, -0.2) is 80.0 Å². The van der Waals surface area contributed by atoms with Gasteiger partial charge in [0.1, 0.15) is 0 Å². The summed E-state index contributed by atoms with van der Waals surface area (Å²) in [6.07, 6.45) is -0.563. The molecule has 1 aliphatic rings. The van der Waals surface area contributed by atoms with Crippen molar-refractivity contribution in [2.24, 2.45) is 0 Å². The van der Waals surface area contributed by atoms with E-state index in [4.69, 9.17) is 9.47 Å². The third-order valence-electron chi connectivity index (χ3n) is 3.49. The van der Waals surface area contributed by atoms with Gasteiger partial charge in [0.05, 0.1) is 18.8 Å². The average Bonchev–Trinajstić information content (AvgIpc) is 3.06. The van der Waals surface area contributed by atoms with Gasteiger partial charge in [-0.15, -0.1) is 10.2 Å². The van der Waals surface area contributed by atoms with Gasteiger partial charge in [0.2, 0.25) is 9.47 Å². The Balaban J connectivity index is 1.94. The zero-order chi connectivity index (χ0) is 18.1. The molecule has 0 aliphatic carbocycles.